The minimum absolute atomic E-state index is 0.264. The minimum atomic E-state index is 0.264. The van der Waals surface area contributed by atoms with Crippen LogP contribution in [0.15, 0.2) is 48.5 Å². The first-order valence-electron chi connectivity index (χ1n) is 7.29. The van der Waals surface area contributed by atoms with Crippen LogP contribution >= 0.6 is 11.6 Å². The summed E-state index contributed by atoms with van der Waals surface area (Å²) in [5.74, 6) is 0.882. The van der Waals surface area contributed by atoms with Gasteiger partial charge >= 0.3 is 0 Å². The first kappa shape index (κ1) is 15.9. The number of ether oxygens (including phenoxy) is 1. The number of methoxy groups -OCH3 is 1. The summed E-state index contributed by atoms with van der Waals surface area (Å²) in [7, 11) is 1.68. The average Bonchev–Trinajstić information content (AvgIpc) is 2.52. The van der Waals surface area contributed by atoms with Crippen LogP contribution in [0.1, 0.15) is 43.5 Å². The predicted octanol–water partition coefficient (Wildman–Crippen LogP) is 5.15. The number of benzene rings is 2. The lowest BCUT2D eigenvalue weighted by Crippen LogP contribution is -2.24. The molecule has 0 amide bonds. The molecule has 0 heterocycles. The second-order valence-corrected chi connectivity index (χ2v) is 5.61. The Labute approximate surface area is 132 Å². The van der Waals surface area contributed by atoms with Crippen molar-refractivity contribution in [2.24, 2.45) is 0 Å². The summed E-state index contributed by atoms with van der Waals surface area (Å²) in [6, 6.07) is 16.8. The maximum absolute atomic E-state index is 6.09. The molecule has 0 saturated carbocycles. The van der Waals surface area contributed by atoms with Gasteiger partial charge in [-0.3, -0.25) is 0 Å². The van der Waals surface area contributed by atoms with Gasteiger partial charge in [-0.25, -0.2) is 0 Å². The van der Waals surface area contributed by atoms with Crippen LogP contribution in [0.5, 0.6) is 5.75 Å². The molecular weight excluding hydrogens is 282 g/mol. The maximum atomic E-state index is 6.09. The van der Waals surface area contributed by atoms with Gasteiger partial charge in [-0.05, 0) is 48.7 Å². The number of nitrogens with one attached hydrogen (secondary N) is 1. The summed E-state index contributed by atoms with van der Waals surface area (Å²) < 4.78 is 5.20. The van der Waals surface area contributed by atoms with E-state index in [0.29, 0.717) is 6.04 Å². The zero-order chi connectivity index (χ0) is 15.2. The fourth-order valence-electron chi connectivity index (χ4n) is 2.46. The summed E-state index contributed by atoms with van der Waals surface area (Å²) in [6.45, 7) is 4.36. The van der Waals surface area contributed by atoms with Gasteiger partial charge in [0, 0.05) is 17.1 Å². The van der Waals surface area contributed by atoms with Crippen molar-refractivity contribution < 1.29 is 4.74 Å². The molecule has 0 aliphatic heterocycles. The normalized spacial score (nSPS) is 13.7. The van der Waals surface area contributed by atoms with E-state index >= 15 is 0 Å². The molecule has 0 aliphatic rings. The highest BCUT2D eigenvalue weighted by Gasteiger charge is 2.14. The van der Waals surface area contributed by atoms with Crippen molar-refractivity contribution in [1.29, 1.82) is 0 Å². The van der Waals surface area contributed by atoms with Crippen LogP contribution in [0, 0.1) is 0 Å². The standard InChI is InChI=1S/C18H22ClNO/c1-4-18(15-6-5-7-16(19)12-15)20-13(2)14-8-10-17(21-3)11-9-14/h5-13,18,20H,4H2,1-3H3. The van der Waals surface area contributed by atoms with Crippen molar-refractivity contribution >= 4 is 11.6 Å². The molecule has 0 aliphatic carbocycles. The van der Waals surface area contributed by atoms with Crippen LogP contribution in [0.4, 0.5) is 0 Å². The van der Waals surface area contributed by atoms with E-state index in [0.717, 1.165) is 17.2 Å². The van der Waals surface area contributed by atoms with Gasteiger partial charge < -0.3 is 10.1 Å². The Morgan fingerprint density at radius 3 is 2.38 bits per heavy atom. The van der Waals surface area contributed by atoms with Gasteiger partial charge in [0.25, 0.3) is 0 Å². The monoisotopic (exact) mass is 303 g/mol. The zero-order valence-corrected chi connectivity index (χ0v) is 13.5. The SMILES string of the molecule is CCC(NC(C)c1ccc(OC)cc1)c1cccc(Cl)c1. The van der Waals surface area contributed by atoms with E-state index in [9.17, 15) is 0 Å². The first-order valence-corrected chi connectivity index (χ1v) is 7.67. The van der Waals surface area contributed by atoms with E-state index in [4.69, 9.17) is 16.3 Å². The van der Waals surface area contributed by atoms with Gasteiger partial charge in [0.1, 0.15) is 5.75 Å². The average molecular weight is 304 g/mol. The number of hydrogen-bond acceptors (Lipinski definition) is 2. The maximum Gasteiger partial charge on any atom is 0.118 e. The van der Waals surface area contributed by atoms with Crippen LogP contribution in [-0.4, -0.2) is 7.11 Å². The molecule has 0 radical (unpaired) electrons. The molecule has 0 fully saturated rings. The van der Waals surface area contributed by atoms with E-state index < -0.39 is 0 Å². The van der Waals surface area contributed by atoms with Crippen molar-refractivity contribution in [3.63, 3.8) is 0 Å². The lowest BCUT2D eigenvalue weighted by atomic mass is 10.0. The highest BCUT2D eigenvalue weighted by Crippen LogP contribution is 2.25. The summed E-state index contributed by atoms with van der Waals surface area (Å²) in [6.07, 6.45) is 1.01. The first-order chi connectivity index (χ1) is 10.1. The van der Waals surface area contributed by atoms with Crippen molar-refractivity contribution in [3.8, 4) is 5.75 Å². The molecule has 0 spiro atoms. The fraction of sp³-hybridized carbons (Fsp3) is 0.333. The molecule has 2 aromatic rings. The quantitative estimate of drug-likeness (QED) is 0.796. The highest BCUT2D eigenvalue weighted by atomic mass is 35.5. The van der Waals surface area contributed by atoms with Gasteiger partial charge in [-0.1, -0.05) is 42.8 Å². The number of halogens is 1. The van der Waals surface area contributed by atoms with E-state index in [1.165, 1.54) is 11.1 Å². The van der Waals surface area contributed by atoms with Crippen molar-refractivity contribution in [1.82, 2.24) is 5.32 Å². The second kappa shape index (κ2) is 7.48. The summed E-state index contributed by atoms with van der Waals surface area (Å²) in [5.41, 5.74) is 2.47. The fourth-order valence-corrected chi connectivity index (χ4v) is 2.66. The topological polar surface area (TPSA) is 21.3 Å². The molecule has 2 rings (SSSR count). The number of rotatable bonds is 6. The van der Waals surface area contributed by atoms with Gasteiger partial charge in [0.2, 0.25) is 0 Å². The van der Waals surface area contributed by atoms with Gasteiger partial charge in [-0.15, -0.1) is 0 Å². The molecule has 0 saturated heterocycles. The summed E-state index contributed by atoms with van der Waals surface area (Å²) >= 11 is 6.09. The molecular formula is C18H22ClNO. The van der Waals surface area contributed by atoms with Crippen LogP contribution in [0.2, 0.25) is 5.02 Å². The molecule has 112 valence electrons. The zero-order valence-electron chi connectivity index (χ0n) is 12.8. The van der Waals surface area contributed by atoms with Crippen LogP contribution in [-0.2, 0) is 0 Å². The van der Waals surface area contributed by atoms with Gasteiger partial charge in [-0.2, -0.15) is 0 Å². The van der Waals surface area contributed by atoms with Gasteiger partial charge in [0.05, 0.1) is 7.11 Å². The van der Waals surface area contributed by atoms with E-state index in [1.54, 1.807) is 7.11 Å². The third-order valence-corrected chi connectivity index (χ3v) is 3.96. The Hall–Kier alpha value is -1.51. The third-order valence-electron chi connectivity index (χ3n) is 3.73. The van der Waals surface area contributed by atoms with Crippen molar-refractivity contribution in [2.75, 3.05) is 7.11 Å². The van der Waals surface area contributed by atoms with Crippen molar-refractivity contribution in [3.05, 3.63) is 64.7 Å². The Balaban J connectivity index is 2.10. The molecule has 3 heteroatoms. The predicted molar refractivity (Wildman–Crippen MR) is 89.0 cm³/mol. The smallest absolute Gasteiger partial charge is 0.118 e. The molecule has 2 aromatic carbocycles. The largest absolute Gasteiger partial charge is 0.497 e. The molecule has 0 aromatic heterocycles. The van der Waals surface area contributed by atoms with Crippen LogP contribution in [0.25, 0.3) is 0 Å². The third kappa shape index (κ3) is 4.23. The van der Waals surface area contributed by atoms with Crippen LogP contribution < -0.4 is 10.1 Å². The van der Waals surface area contributed by atoms with E-state index in [-0.39, 0.29) is 6.04 Å². The Bertz CT molecular complexity index is 568. The molecule has 21 heavy (non-hydrogen) atoms. The van der Waals surface area contributed by atoms with E-state index in [1.807, 2.05) is 30.3 Å². The Kier molecular flexibility index (Phi) is 5.66. The summed E-state index contributed by atoms with van der Waals surface area (Å²) in [5, 5.41) is 4.45. The van der Waals surface area contributed by atoms with Gasteiger partial charge in [0.15, 0.2) is 0 Å². The lowest BCUT2D eigenvalue weighted by molar-refractivity contribution is 0.413. The summed E-state index contributed by atoms with van der Waals surface area (Å²) in [4.78, 5) is 0. The molecule has 2 nitrogen and oxygen atoms in total. The molecule has 1 N–H and O–H groups in total. The second-order valence-electron chi connectivity index (χ2n) is 5.18. The molecule has 2 unspecified atom stereocenters. The van der Waals surface area contributed by atoms with Crippen LogP contribution in [0.3, 0.4) is 0 Å². The molecule has 2 atom stereocenters. The van der Waals surface area contributed by atoms with E-state index in [2.05, 4.69) is 37.4 Å². The Morgan fingerprint density at radius 2 is 1.81 bits per heavy atom. The lowest BCUT2D eigenvalue weighted by Gasteiger charge is -2.23. The Morgan fingerprint density at radius 1 is 1.10 bits per heavy atom. The number of hydrogen-bond donors (Lipinski definition) is 1. The minimum Gasteiger partial charge on any atom is -0.497 e. The highest BCUT2D eigenvalue weighted by molar-refractivity contribution is 6.30. The van der Waals surface area contributed by atoms with Crippen molar-refractivity contribution in [2.45, 2.75) is 32.4 Å². The molecule has 0 bridgehead atoms.